The molecular weight excluding hydrogens is 416 g/mol. The van der Waals surface area contributed by atoms with E-state index in [4.69, 9.17) is 0 Å². The van der Waals surface area contributed by atoms with E-state index in [1.807, 2.05) is 0 Å². The van der Waals surface area contributed by atoms with E-state index in [1.165, 1.54) is 6.92 Å². The van der Waals surface area contributed by atoms with Crippen LogP contribution in [0.5, 0.6) is 0 Å². The number of unbranched alkanes of at least 4 members (excludes halogenated alkanes) is 2. The largest absolute Gasteiger partial charge is 0.479 e. The molecule has 0 aliphatic rings. The summed E-state index contributed by atoms with van der Waals surface area (Å²) in [7, 11) is 0. The van der Waals surface area contributed by atoms with E-state index in [2.05, 4.69) is 10.6 Å². The van der Waals surface area contributed by atoms with Crippen LogP contribution in [0.25, 0.3) is 0 Å². The molecule has 0 spiro atoms. The average Bonchev–Trinajstić information content (AvgIpc) is 2.66. The first-order chi connectivity index (χ1) is 14.4. The molecule has 0 fully saturated rings. The Bertz CT molecular complexity index is 644. The molecule has 31 heavy (non-hydrogen) atoms. The lowest BCUT2D eigenvalue weighted by atomic mass is 9.94. The number of aliphatic carboxylic acids is 1. The number of nitrogens with zero attached hydrogens (tertiary/aromatic N) is 2. The summed E-state index contributed by atoms with van der Waals surface area (Å²) in [5.41, 5.74) is -2.59. The summed E-state index contributed by atoms with van der Waals surface area (Å²) in [6, 6.07) is 0. The highest BCUT2D eigenvalue weighted by Crippen LogP contribution is 2.16. The molecule has 0 heterocycles. The summed E-state index contributed by atoms with van der Waals surface area (Å²) in [6.45, 7) is 2.73. The van der Waals surface area contributed by atoms with E-state index in [9.17, 15) is 44.6 Å². The maximum absolute atomic E-state index is 11.9. The van der Waals surface area contributed by atoms with Crippen LogP contribution in [0.3, 0.4) is 0 Å². The van der Waals surface area contributed by atoms with Crippen LogP contribution in [0.4, 0.5) is 0 Å². The lowest BCUT2D eigenvalue weighted by Crippen LogP contribution is -2.47. The lowest BCUT2D eigenvalue weighted by Gasteiger charge is -2.22. The van der Waals surface area contributed by atoms with Crippen LogP contribution < -0.4 is 10.6 Å². The van der Waals surface area contributed by atoms with Crippen LogP contribution in [0.15, 0.2) is 0 Å². The second-order valence-corrected chi connectivity index (χ2v) is 7.09. The molecule has 0 bridgehead atoms. The topological polar surface area (TPSA) is 197 Å². The molecule has 0 unspecified atom stereocenters. The molecule has 6 N–H and O–H groups in total. The monoisotopic (exact) mass is 448 g/mol. The van der Waals surface area contributed by atoms with Crippen molar-refractivity contribution in [1.82, 2.24) is 20.8 Å². The summed E-state index contributed by atoms with van der Waals surface area (Å²) < 4.78 is 0. The van der Waals surface area contributed by atoms with Crippen molar-refractivity contribution in [2.24, 2.45) is 0 Å². The molecule has 0 aromatic heterocycles. The van der Waals surface area contributed by atoms with Crippen LogP contribution in [-0.4, -0.2) is 92.1 Å². The van der Waals surface area contributed by atoms with E-state index < -0.39 is 48.0 Å². The maximum Gasteiger partial charge on any atom is 0.336 e. The second-order valence-electron chi connectivity index (χ2n) is 7.09. The number of nitrogens with one attached hydrogen (secondary N) is 2. The van der Waals surface area contributed by atoms with Gasteiger partial charge in [0.1, 0.15) is 0 Å². The Labute approximate surface area is 179 Å². The molecule has 0 aliphatic heterocycles. The summed E-state index contributed by atoms with van der Waals surface area (Å²) in [4.78, 5) is 56.9. The van der Waals surface area contributed by atoms with Crippen molar-refractivity contribution in [3.63, 3.8) is 0 Å². The van der Waals surface area contributed by atoms with Crippen molar-refractivity contribution in [3.05, 3.63) is 0 Å². The Hall–Kier alpha value is -2.77. The van der Waals surface area contributed by atoms with Gasteiger partial charge in [-0.2, -0.15) is 0 Å². The zero-order valence-electron chi connectivity index (χ0n) is 17.8. The summed E-state index contributed by atoms with van der Waals surface area (Å²) in [5.74, 6) is -4.31. The molecule has 4 amide bonds. The molecule has 0 saturated carbocycles. The van der Waals surface area contributed by atoms with Gasteiger partial charge in [0.2, 0.25) is 23.6 Å². The van der Waals surface area contributed by atoms with Crippen LogP contribution in [0.1, 0.15) is 52.4 Å². The third-order valence-electron chi connectivity index (χ3n) is 4.27. The summed E-state index contributed by atoms with van der Waals surface area (Å²) >= 11 is 0. The molecule has 0 aliphatic carbocycles. The fourth-order valence-corrected chi connectivity index (χ4v) is 2.43. The Morgan fingerprint density at radius 1 is 0.742 bits per heavy atom. The van der Waals surface area contributed by atoms with Gasteiger partial charge < -0.3 is 20.8 Å². The molecule has 178 valence electrons. The quantitative estimate of drug-likeness (QED) is 0.102. The molecule has 0 rings (SSSR count). The number of carbonyl (C=O) groups excluding carboxylic acids is 4. The summed E-state index contributed by atoms with van der Waals surface area (Å²) in [5, 5.41) is 43.7. The minimum atomic E-state index is -2.59. The van der Waals surface area contributed by atoms with Crippen molar-refractivity contribution in [2.45, 2.75) is 58.0 Å². The molecule has 0 saturated heterocycles. The Kier molecular flexibility index (Phi) is 13.0. The van der Waals surface area contributed by atoms with E-state index in [0.717, 1.165) is 6.92 Å². The van der Waals surface area contributed by atoms with E-state index >= 15 is 0 Å². The molecule has 0 radical (unpaired) electrons. The van der Waals surface area contributed by atoms with Gasteiger partial charge in [-0.15, -0.1) is 0 Å². The van der Waals surface area contributed by atoms with Gasteiger partial charge >= 0.3 is 5.97 Å². The zero-order chi connectivity index (χ0) is 24.0. The molecule has 0 aromatic rings. The zero-order valence-corrected chi connectivity index (χ0v) is 17.8. The summed E-state index contributed by atoms with van der Waals surface area (Å²) in [6.07, 6.45) is 0.137. The van der Waals surface area contributed by atoms with Crippen molar-refractivity contribution >= 4 is 29.6 Å². The molecular formula is C18H32N4O9. The van der Waals surface area contributed by atoms with E-state index in [1.54, 1.807) is 0 Å². The third-order valence-corrected chi connectivity index (χ3v) is 4.27. The third kappa shape index (κ3) is 12.5. The highest BCUT2D eigenvalue weighted by Gasteiger charge is 2.40. The molecule has 0 aromatic carbocycles. The first-order valence-corrected chi connectivity index (χ1v) is 9.82. The Balaban J connectivity index is 4.29. The normalized spacial score (nSPS) is 12.4. The fraction of sp³-hybridized carbons (Fsp3) is 0.722. The standard InChI is InChI=1S/C18H32N4O9/c1-13(23)21(30)9-5-3-4-7-19-15(25)11-18(29,17(27)28)12-16(26)20-8-6-10-22(31)14(2)24/h29-31H,3-12H2,1-2H3,(H,19,25)(H,20,26)(H,27,28)/t18-/m0/s1. The van der Waals surface area contributed by atoms with Gasteiger partial charge in [0.05, 0.1) is 19.4 Å². The molecule has 1 atom stereocenters. The van der Waals surface area contributed by atoms with Gasteiger partial charge in [-0.1, -0.05) is 0 Å². The smallest absolute Gasteiger partial charge is 0.336 e. The number of carboxylic acid groups (broad SMARTS) is 1. The number of hydrogen-bond donors (Lipinski definition) is 6. The van der Waals surface area contributed by atoms with Crippen LogP contribution >= 0.6 is 0 Å². The minimum Gasteiger partial charge on any atom is -0.479 e. The van der Waals surface area contributed by atoms with Gasteiger partial charge in [-0.25, -0.2) is 14.9 Å². The molecule has 13 nitrogen and oxygen atoms in total. The number of amides is 4. The van der Waals surface area contributed by atoms with E-state index in [-0.39, 0.29) is 32.6 Å². The van der Waals surface area contributed by atoms with Crippen LogP contribution in [0.2, 0.25) is 0 Å². The maximum atomic E-state index is 11.9. The molecule has 13 heteroatoms. The highest BCUT2D eigenvalue weighted by molar-refractivity contribution is 5.91. The minimum absolute atomic E-state index is 0.0277. The predicted molar refractivity (Wildman–Crippen MR) is 105 cm³/mol. The van der Waals surface area contributed by atoms with Gasteiger partial charge in [-0.3, -0.25) is 29.6 Å². The highest BCUT2D eigenvalue weighted by atomic mass is 16.5. The van der Waals surface area contributed by atoms with Crippen molar-refractivity contribution in [2.75, 3.05) is 26.2 Å². The van der Waals surface area contributed by atoms with Gasteiger partial charge in [0, 0.05) is 33.5 Å². The number of aliphatic hydroxyl groups is 1. The van der Waals surface area contributed by atoms with Crippen LogP contribution in [-0.2, 0) is 24.0 Å². The number of hydroxylamine groups is 4. The number of carbonyl (C=O) groups is 5. The Morgan fingerprint density at radius 3 is 1.58 bits per heavy atom. The second kappa shape index (κ2) is 14.3. The number of rotatable bonds is 15. The van der Waals surface area contributed by atoms with Crippen LogP contribution in [0, 0.1) is 0 Å². The lowest BCUT2D eigenvalue weighted by molar-refractivity contribution is -0.164. The van der Waals surface area contributed by atoms with Crippen molar-refractivity contribution < 1.29 is 44.6 Å². The number of hydrogen-bond acceptors (Lipinski definition) is 8. The average molecular weight is 448 g/mol. The van der Waals surface area contributed by atoms with E-state index in [0.29, 0.717) is 29.4 Å². The van der Waals surface area contributed by atoms with Gasteiger partial charge in [0.25, 0.3) is 0 Å². The number of carboxylic acids is 1. The SMILES string of the molecule is CC(=O)N(O)CCCCCNC(=O)C[C@](O)(CC(=O)NCCCN(O)C(C)=O)C(=O)O. The Morgan fingerprint density at radius 2 is 1.16 bits per heavy atom. The fourth-order valence-electron chi connectivity index (χ4n) is 2.43. The predicted octanol–water partition coefficient (Wildman–Crippen LogP) is -1.15. The van der Waals surface area contributed by atoms with Gasteiger partial charge in [-0.05, 0) is 25.7 Å². The first-order valence-electron chi connectivity index (χ1n) is 9.82. The van der Waals surface area contributed by atoms with Gasteiger partial charge in [0.15, 0.2) is 5.60 Å². The first kappa shape index (κ1) is 28.2. The van der Waals surface area contributed by atoms with Crippen molar-refractivity contribution in [1.29, 1.82) is 0 Å². The van der Waals surface area contributed by atoms with Crippen molar-refractivity contribution in [3.8, 4) is 0 Å².